The van der Waals surface area contributed by atoms with Crippen molar-refractivity contribution in [1.29, 1.82) is 0 Å². The van der Waals surface area contributed by atoms with Crippen LogP contribution in [0.5, 0.6) is 0 Å². The molecule has 0 fully saturated rings. The summed E-state index contributed by atoms with van der Waals surface area (Å²) in [6.07, 6.45) is 3.07. The minimum atomic E-state index is -1.79. The minimum absolute atomic E-state index is 0.0959. The highest BCUT2D eigenvalue weighted by molar-refractivity contribution is 6.87. The Morgan fingerprint density at radius 1 is 1.30 bits per heavy atom. The number of nitrogens with one attached hydrogen (secondary N) is 1. The molecule has 0 radical (unpaired) electrons. The Bertz CT molecular complexity index is 625. The van der Waals surface area contributed by atoms with E-state index in [0.717, 1.165) is 0 Å². The zero-order valence-corrected chi connectivity index (χ0v) is 15.3. The van der Waals surface area contributed by atoms with E-state index >= 15 is 0 Å². The fourth-order valence-electron chi connectivity index (χ4n) is 1.51. The lowest BCUT2D eigenvalue weighted by molar-refractivity contribution is -0.139. The molecule has 5 nitrogen and oxygen atoms in total. The normalized spacial score (nSPS) is 12.7. The number of carboxylic acids is 1. The van der Waals surface area contributed by atoms with Gasteiger partial charge in [0.15, 0.2) is 0 Å². The van der Waals surface area contributed by atoms with Crippen LogP contribution < -0.4 is 5.32 Å². The largest absolute Gasteiger partial charge is 0.480 e. The first-order valence-corrected chi connectivity index (χ1v) is 10.5. The molecule has 0 bridgehead atoms. The Balaban J connectivity index is 2.79. The third-order valence-electron chi connectivity index (χ3n) is 4.13. The SMILES string of the molecule is CC(C)(C)[Si](C)(C)C#CC[C@H](NC(=O)c1ccncc1)C(=O)O. The number of carbonyl (C=O) groups is 2. The van der Waals surface area contributed by atoms with Gasteiger partial charge >= 0.3 is 5.97 Å². The quantitative estimate of drug-likeness (QED) is 0.656. The third kappa shape index (κ3) is 5.53. The van der Waals surface area contributed by atoms with Crippen molar-refractivity contribution in [2.45, 2.75) is 51.4 Å². The second-order valence-corrected chi connectivity index (χ2v) is 12.0. The molecule has 0 saturated carbocycles. The molecule has 0 aliphatic heterocycles. The van der Waals surface area contributed by atoms with Gasteiger partial charge in [-0.25, -0.2) is 4.79 Å². The Morgan fingerprint density at radius 2 is 1.87 bits per heavy atom. The second kappa shape index (κ2) is 7.42. The van der Waals surface area contributed by atoms with Crippen LogP contribution in [-0.4, -0.2) is 36.1 Å². The number of aliphatic carboxylic acids is 1. The molecule has 0 aromatic carbocycles. The third-order valence-corrected chi connectivity index (χ3v) is 8.68. The molecular weight excluding hydrogens is 308 g/mol. The molecular formula is C17H24N2O3Si. The van der Waals surface area contributed by atoms with Crippen molar-refractivity contribution < 1.29 is 14.7 Å². The van der Waals surface area contributed by atoms with Crippen molar-refractivity contribution in [2.75, 3.05) is 0 Å². The van der Waals surface area contributed by atoms with E-state index < -0.39 is 26.0 Å². The Labute approximate surface area is 138 Å². The van der Waals surface area contributed by atoms with Gasteiger partial charge in [-0.3, -0.25) is 9.78 Å². The zero-order chi connectivity index (χ0) is 17.7. The van der Waals surface area contributed by atoms with Gasteiger partial charge in [0.1, 0.15) is 14.1 Å². The first-order chi connectivity index (χ1) is 10.5. The summed E-state index contributed by atoms with van der Waals surface area (Å²) >= 11 is 0. The highest BCUT2D eigenvalue weighted by atomic mass is 28.3. The van der Waals surface area contributed by atoms with E-state index in [0.29, 0.717) is 5.56 Å². The standard InChI is InChI=1S/C17H24N2O3Si/c1-17(2,3)23(4,5)12-6-7-14(16(21)22)19-15(20)13-8-10-18-11-9-13/h8-11,14H,7H2,1-5H3,(H,19,20)(H,21,22)/t14-/m0/s1. The molecule has 1 atom stereocenters. The number of amides is 1. The fraction of sp³-hybridized carbons (Fsp3) is 0.471. The van der Waals surface area contributed by atoms with Crippen LogP contribution in [0.3, 0.4) is 0 Å². The summed E-state index contributed by atoms with van der Waals surface area (Å²) in [6.45, 7) is 10.8. The number of hydrogen-bond acceptors (Lipinski definition) is 3. The van der Waals surface area contributed by atoms with Crippen LogP contribution in [0.1, 0.15) is 37.6 Å². The number of hydrogen-bond donors (Lipinski definition) is 2. The van der Waals surface area contributed by atoms with Gasteiger partial charge in [-0.2, -0.15) is 0 Å². The summed E-state index contributed by atoms with van der Waals surface area (Å²) in [4.78, 5) is 27.2. The van der Waals surface area contributed by atoms with E-state index in [9.17, 15) is 14.7 Å². The molecule has 1 amide bonds. The number of pyridine rings is 1. The molecule has 0 saturated heterocycles. The van der Waals surface area contributed by atoms with E-state index in [4.69, 9.17) is 0 Å². The van der Waals surface area contributed by atoms with Crippen LogP contribution in [-0.2, 0) is 4.79 Å². The van der Waals surface area contributed by atoms with E-state index in [1.54, 1.807) is 0 Å². The number of aromatic nitrogens is 1. The van der Waals surface area contributed by atoms with Crippen LogP contribution >= 0.6 is 0 Å². The van der Waals surface area contributed by atoms with Crippen LogP contribution in [0, 0.1) is 11.5 Å². The van der Waals surface area contributed by atoms with Crippen molar-refractivity contribution in [3.05, 3.63) is 30.1 Å². The summed E-state index contributed by atoms with van der Waals surface area (Å²) in [5.74, 6) is 1.45. The highest BCUT2D eigenvalue weighted by Gasteiger charge is 2.33. The number of carboxylic acid groups (broad SMARTS) is 1. The van der Waals surface area contributed by atoms with Gasteiger partial charge in [0.2, 0.25) is 0 Å². The van der Waals surface area contributed by atoms with E-state index in [-0.39, 0.29) is 11.5 Å². The maximum atomic E-state index is 12.0. The summed E-state index contributed by atoms with van der Waals surface area (Å²) in [5.41, 5.74) is 3.64. The van der Waals surface area contributed by atoms with Gasteiger partial charge in [0.25, 0.3) is 5.91 Å². The maximum Gasteiger partial charge on any atom is 0.327 e. The lowest BCUT2D eigenvalue weighted by atomic mass is 10.2. The Kier molecular flexibility index (Phi) is 6.10. The topological polar surface area (TPSA) is 79.3 Å². The number of rotatable bonds is 4. The van der Waals surface area contributed by atoms with Crippen molar-refractivity contribution >= 4 is 20.0 Å². The van der Waals surface area contributed by atoms with Crippen molar-refractivity contribution in [1.82, 2.24) is 10.3 Å². The van der Waals surface area contributed by atoms with Crippen LogP contribution in [0.2, 0.25) is 18.1 Å². The second-order valence-electron chi connectivity index (χ2n) is 6.98. The predicted octanol–water partition coefficient (Wildman–Crippen LogP) is 2.71. The molecule has 124 valence electrons. The van der Waals surface area contributed by atoms with Crippen LogP contribution in [0.25, 0.3) is 0 Å². The molecule has 1 rings (SSSR count). The number of nitrogens with zero attached hydrogens (tertiary/aromatic N) is 1. The van der Waals surface area contributed by atoms with Crippen LogP contribution in [0.4, 0.5) is 0 Å². The Morgan fingerprint density at radius 3 is 2.35 bits per heavy atom. The molecule has 23 heavy (non-hydrogen) atoms. The van der Waals surface area contributed by atoms with Gasteiger partial charge in [0, 0.05) is 24.4 Å². The molecule has 2 N–H and O–H groups in total. The van der Waals surface area contributed by atoms with E-state index in [1.807, 2.05) is 0 Å². The smallest absolute Gasteiger partial charge is 0.327 e. The Hall–Kier alpha value is -2.13. The van der Waals surface area contributed by atoms with Gasteiger partial charge in [-0.1, -0.05) is 33.9 Å². The monoisotopic (exact) mass is 332 g/mol. The molecule has 1 aromatic heterocycles. The molecule has 0 spiro atoms. The summed E-state index contributed by atoms with van der Waals surface area (Å²) in [5, 5.41) is 11.9. The highest BCUT2D eigenvalue weighted by Crippen LogP contribution is 2.35. The van der Waals surface area contributed by atoms with Gasteiger partial charge < -0.3 is 10.4 Å². The summed E-state index contributed by atoms with van der Waals surface area (Å²) in [7, 11) is -1.79. The molecule has 1 aromatic rings. The zero-order valence-electron chi connectivity index (χ0n) is 14.3. The molecule has 0 unspecified atom stereocenters. The maximum absolute atomic E-state index is 12.0. The van der Waals surface area contributed by atoms with E-state index in [2.05, 4.69) is 55.6 Å². The van der Waals surface area contributed by atoms with Crippen molar-refractivity contribution in [3.63, 3.8) is 0 Å². The molecule has 0 aliphatic rings. The minimum Gasteiger partial charge on any atom is -0.480 e. The lowest BCUT2D eigenvalue weighted by Crippen LogP contribution is -2.41. The first kappa shape index (κ1) is 18.9. The average molecular weight is 332 g/mol. The molecule has 0 aliphatic carbocycles. The van der Waals surface area contributed by atoms with Gasteiger partial charge in [0.05, 0.1) is 0 Å². The summed E-state index contributed by atoms with van der Waals surface area (Å²) in [6, 6.07) is 2.05. The molecule has 1 heterocycles. The van der Waals surface area contributed by atoms with Crippen molar-refractivity contribution in [3.8, 4) is 11.5 Å². The van der Waals surface area contributed by atoms with Gasteiger partial charge in [-0.05, 0) is 17.2 Å². The fourth-order valence-corrected chi connectivity index (χ4v) is 2.43. The first-order valence-electron chi connectivity index (χ1n) is 7.48. The predicted molar refractivity (Wildman–Crippen MR) is 92.7 cm³/mol. The van der Waals surface area contributed by atoms with Crippen LogP contribution in [0.15, 0.2) is 24.5 Å². The van der Waals surface area contributed by atoms with Crippen molar-refractivity contribution in [2.24, 2.45) is 0 Å². The van der Waals surface area contributed by atoms with E-state index in [1.165, 1.54) is 24.5 Å². The molecule has 6 heteroatoms. The lowest BCUT2D eigenvalue weighted by Gasteiger charge is -2.31. The summed E-state index contributed by atoms with van der Waals surface area (Å²) < 4.78 is 0. The average Bonchev–Trinajstić information content (AvgIpc) is 2.45. The number of carbonyl (C=O) groups excluding carboxylic acids is 1. The van der Waals surface area contributed by atoms with Gasteiger partial charge in [-0.15, -0.1) is 11.5 Å².